The number of anilines is 1. The Bertz CT molecular complexity index is 206. The van der Waals surface area contributed by atoms with Gasteiger partial charge in [-0.3, -0.25) is 0 Å². The molecule has 1 nitrogen and oxygen atoms in total. The standard InChI is InChI=1S/C8H9NS/c10-7-6-9-8-4-2-1-3-5-8/h1-7,9-10H. The third-order valence-electron chi connectivity index (χ3n) is 1.10. The summed E-state index contributed by atoms with van der Waals surface area (Å²) in [6.07, 6.45) is 1.78. The molecule has 0 atom stereocenters. The largest absolute Gasteiger partial charge is 0.361 e. The Morgan fingerprint density at radius 2 is 1.90 bits per heavy atom. The molecule has 0 fully saturated rings. The Balaban J connectivity index is 2.59. The summed E-state index contributed by atoms with van der Waals surface area (Å²) in [4.78, 5) is 0. The van der Waals surface area contributed by atoms with E-state index in [1.165, 1.54) is 0 Å². The second-order valence-corrected chi connectivity index (χ2v) is 2.12. The summed E-state index contributed by atoms with van der Waals surface area (Å²) in [5, 5.41) is 4.70. The minimum atomic E-state index is 1.08. The van der Waals surface area contributed by atoms with Gasteiger partial charge in [0, 0.05) is 11.9 Å². The molecule has 0 amide bonds. The Hall–Kier alpha value is -0.890. The van der Waals surface area contributed by atoms with Crippen LogP contribution in [0.5, 0.6) is 0 Å². The van der Waals surface area contributed by atoms with Crippen molar-refractivity contribution >= 4 is 18.3 Å². The Morgan fingerprint density at radius 1 is 1.20 bits per heavy atom. The molecule has 1 rings (SSSR count). The first-order chi connectivity index (χ1) is 4.93. The second-order valence-electron chi connectivity index (χ2n) is 1.83. The van der Waals surface area contributed by atoms with Gasteiger partial charge in [0.05, 0.1) is 0 Å². The van der Waals surface area contributed by atoms with Gasteiger partial charge in [-0.1, -0.05) is 18.2 Å². The summed E-state index contributed by atoms with van der Waals surface area (Å²) < 4.78 is 0. The third kappa shape index (κ3) is 2.15. The van der Waals surface area contributed by atoms with Crippen molar-refractivity contribution in [2.45, 2.75) is 0 Å². The number of rotatable bonds is 2. The number of benzene rings is 1. The molecule has 1 aromatic carbocycles. The predicted octanol–water partition coefficient (Wildman–Crippen LogP) is 2.50. The highest BCUT2D eigenvalue weighted by atomic mass is 32.1. The number of hydrogen-bond donors (Lipinski definition) is 2. The summed E-state index contributed by atoms with van der Waals surface area (Å²) >= 11 is 3.91. The SMILES string of the molecule is SC=CNc1ccccc1. The predicted molar refractivity (Wildman–Crippen MR) is 48.2 cm³/mol. The van der Waals surface area contributed by atoms with E-state index >= 15 is 0 Å². The van der Waals surface area contributed by atoms with E-state index in [1.807, 2.05) is 30.3 Å². The molecule has 52 valence electrons. The summed E-state index contributed by atoms with van der Waals surface area (Å²) in [7, 11) is 0. The minimum absolute atomic E-state index is 1.08. The van der Waals surface area contributed by atoms with Crippen LogP contribution in [0.15, 0.2) is 41.9 Å². The molecule has 0 saturated heterocycles. The van der Waals surface area contributed by atoms with Crippen LogP contribution in [0.25, 0.3) is 0 Å². The fraction of sp³-hybridized carbons (Fsp3) is 0. The van der Waals surface area contributed by atoms with E-state index in [0.29, 0.717) is 0 Å². The highest BCUT2D eigenvalue weighted by Gasteiger charge is 1.80. The first-order valence-corrected chi connectivity index (χ1v) is 3.56. The Labute approximate surface area is 66.2 Å². The molecule has 0 bridgehead atoms. The molecular formula is C8H9NS. The first-order valence-electron chi connectivity index (χ1n) is 3.04. The second kappa shape index (κ2) is 4.01. The molecule has 0 spiro atoms. The van der Waals surface area contributed by atoms with Crippen molar-refractivity contribution in [2.24, 2.45) is 0 Å². The first kappa shape index (κ1) is 7.22. The van der Waals surface area contributed by atoms with E-state index in [9.17, 15) is 0 Å². The number of nitrogens with one attached hydrogen (secondary N) is 1. The molecule has 0 aliphatic heterocycles. The van der Waals surface area contributed by atoms with Crippen molar-refractivity contribution in [3.8, 4) is 0 Å². The molecule has 0 aliphatic carbocycles. The van der Waals surface area contributed by atoms with E-state index in [2.05, 4.69) is 17.9 Å². The normalized spacial score (nSPS) is 10.1. The lowest BCUT2D eigenvalue weighted by Crippen LogP contribution is -1.83. The molecule has 0 aromatic heterocycles. The van der Waals surface area contributed by atoms with Gasteiger partial charge in [0.15, 0.2) is 0 Å². The average molecular weight is 151 g/mol. The van der Waals surface area contributed by atoms with Crippen LogP contribution in [0.4, 0.5) is 5.69 Å². The molecule has 0 heterocycles. The van der Waals surface area contributed by atoms with Gasteiger partial charge in [0.2, 0.25) is 0 Å². The molecule has 0 radical (unpaired) electrons. The van der Waals surface area contributed by atoms with Gasteiger partial charge in [-0.25, -0.2) is 0 Å². The van der Waals surface area contributed by atoms with Crippen LogP contribution in [0.1, 0.15) is 0 Å². The van der Waals surface area contributed by atoms with Crippen molar-refractivity contribution < 1.29 is 0 Å². The number of para-hydroxylation sites is 1. The van der Waals surface area contributed by atoms with Crippen molar-refractivity contribution in [1.29, 1.82) is 0 Å². The van der Waals surface area contributed by atoms with E-state index < -0.39 is 0 Å². The molecule has 1 N–H and O–H groups in total. The molecule has 10 heavy (non-hydrogen) atoms. The fourth-order valence-corrected chi connectivity index (χ4v) is 0.742. The van der Waals surface area contributed by atoms with Gasteiger partial charge in [-0.15, -0.1) is 12.6 Å². The molecule has 0 unspecified atom stereocenters. The van der Waals surface area contributed by atoms with Crippen LogP contribution in [-0.4, -0.2) is 0 Å². The highest BCUT2D eigenvalue weighted by Crippen LogP contribution is 2.03. The van der Waals surface area contributed by atoms with E-state index in [1.54, 1.807) is 11.6 Å². The zero-order valence-electron chi connectivity index (χ0n) is 5.49. The van der Waals surface area contributed by atoms with Gasteiger partial charge in [-0.2, -0.15) is 0 Å². The Morgan fingerprint density at radius 3 is 2.50 bits per heavy atom. The van der Waals surface area contributed by atoms with Gasteiger partial charge in [0.1, 0.15) is 0 Å². The number of thiol groups is 1. The highest BCUT2D eigenvalue weighted by molar-refractivity contribution is 7.83. The van der Waals surface area contributed by atoms with Crippen molar-refractivity contribution in [1.82, 2.24) is 0 Å². The van der Waals surface area contributed by atoms with Gasteiger partial charge >= 0.3 is 0 Å². The Kier molecular flexibility index (Phi) is 2.90. The monoisotopic (exact) mass is 151 g/mol. The average Bonchev–Trinajstić information content (AvgIpc) is 2.03. The van der Waals surface area contributed by atoms with E-state index in [4.69, 9.17) is 0 Å². The van der Waals surface area contributed by atoms with E-state index in [0.717, 1.165) is 5.69 Å². The summed E-state index contributed by atoms with van der Waals surface area (Å²) in [5.74, 6) is 0. The maximum Gasteiger partial charge on any atom is 0.0379 e. The van der Waals surface area contributed by atoms with E-state index in [-0.39, 0.29) is 0 Å². The van der Waals surface area contributed by atoms with Crippen molar-refractivity contribution in [3.05, 3.63) is 41.9 Å². The van der Waals surface area contributed by atoms with Crippen molar-refractivity contribution in [3.63, 3.8) is 0 Å². The molecule has 2 heteroatoms. The van der Waals surface area contributed by atoms with Crippen LogP contribution in [0.2, 0.25) is 0 Å². The van der Waals surface area contributed by atoms with Crippen LogP contribution >= 0.6 is 12.6 Å². The maximum atomic E-state index is 3.91. The third-order valence-corrected chi connectivity index (χ3v) is 1.25. The maximum absolute atomic E-state index is 3.91. The summed E-state index contributed by atoms with van der Waals surface area (Å²) in [5.41, 5.74) is 1.08. The van der Waals surface area contributed by atoms with Crippen LogP contribution in [0.3, 0.4) is 0 Å². The smallest absolute Gasteiger partial charge is 0.0379 e. The molecule has 1 aromatic rings. The van der Waals surface area contributed by atoms with Gasteiger partial charge in [0.25, 0.3) is 0 Å². The zero-order valence-corrected chi connectivity index (χ0v) is 6.38. The van der Waals surface area contributed by atoms with Gasteiger partial charge in [-0.05, 0) is 17.5 Å². The fourth-order valence-electron chi connectivity index (χ4n) is 0.668. The molecule has 0 saturated carbocycles. The number of hydrogen-bond acceptors (Lipinski definition) is 2. The molecular weight excluding hydrogens is 142 g/mol. The van der Waals surface area contributed by atoms with Crippen LogP contribution in [-0.2, 0) is 0 Å². The molecule has 0 aliphatic rings. The topological polar surface area (TPSA) is 12.0 Å². The van der Waals surface area contributed by atoms with Gasteiger partial charge < -0.3 is 5.32 Å². The lowest BCUT2D eigenvalue weighted by atomic mass is 10.3. The lowest BCUT2D eigenvalue weighted by Gasteiger charge is -1.96. The summed E-state index contributed by atoms with van der Waals surface area (Å²) in [6.45, 7) is 0. The quantitative estimate of drug-likeness (QED) is 0.619. The lowest BCUT2D eigenvalue weighted by molar-refractivity contribution is 1.59. The van der Waals surface area contributed by atoms with Crippen LogP contribution in [0, 0.1) is 0 Å². The van der Waals surface area contributed by atoms with Crippen molar-refractivity contribution in [2.75, 3.05) is 5.32 Å². The van der Waals surface area contributed by atoms with Crippen LogP contribution < -0.4 is 5.32 Å². The minimum Gasteiger partial charge on any atom is -0.361 e. The summed E-state index contributed by atoms with van der Waals surface area (Å²) in [6, 6.07) is 9.93. The zero-order chi connectivity index (χ0) is 7.23.